The van der Waals surface area contributed by atoms with Gasteiger partial charge in [0.25, 0.3) is 0 Å². The number of nitrogens with zero attached hydrogens (tertiary/aromatic N) is 5. The highest BCUT2D eigenvalue weighted by Gasteiger charge is 2.43. The van der Waals surface area contributed by atoms with Crippen LogP contribution in [0.5, 0.6) is 5.75 Å². The maximum Gasteiger partial charge on any atom is 0.573 e. The van der Waals surface area contributed by atoms with Gasteiger partial charge in [-0.25, -0.2) is 14.3 Å². The van der Waals surface area contributed by atoms with E-state index in [0.29, 0.717) is 29.3 Å². The maximum atomic E-state index is 12.6. The van der Waals surface area contributed by atoms with Gasteiger partial charge in [-0.15, -0.1) is 18.3 Å². The highest BCUT2D eigenvalue weighted by Crippen LogP contribution is 2.43. The molecule has 0 saturated carbocycles. The SMILES string of the molecule is CC(C)(C)OC(=O)N1CCC2(CC1)CCN(c1nn3cc(-c4cccc(OC(F)(F)F)c4)nc3s1)C2. The zero-order valence-corrected chi connectivity index (χ0v) is 21.2. The van der Waals surface area contributed by atoms with Crippen molar-refractivity contribution < 1.29 is 27.4 Å². The Kier molecular flexibility index (Phi) is 6.05. The van der Waals surface area contributed by atoms with Crippen LogP contribution in [0.2, 0.25) is 0 Å². The lowest BCUT2D eigenvalue weighted by atomic mass is 9.78. The molecular weight excluding hydrogens is 495 g/mol. The van der Waals surface area contributed by atoms with Gasteiger partial charge in [-0.1, -0.05) is 23.5 Å². The molecule has 2 aliphatic heterocycles. The monoisotopic (exact) mass is 523 g/mol. The van der Waals surface area contributed by atoms with E-state index in [9.17, 15) is 18.0 Å². The predicted molar refractivity (Wildman–Crippen MR) is 129 cm³/mol. The lowest BCUT2D eigenvalue weighted by Gasteiger charge is -2.39. The first-order chi connectivity index (χ1) is 16.9. The lowest BCUT2D eigenvalue weighted by Crippen LogP contribution is -2.46. The Hall–Kier alpha value is -3.02. The minimum Gasteiger partial charge on any atom is -0.444 e. The van der Waals surface area contributed by atoms with Crippen LogP contribution in [0.15, 0.2) is 30.5 Å². The number of benzene rings is 1. The third kappa shape index (κ3) is 5.37. The Morgan fingerprint density at radius 3 is 2.50 bits per heavy atom. The number of aromatic nitrogens is 3. The highest BCUT2D eigenvalue weighted by molar-refractivity contribution is 7.20. The van der Waals surface area contributed by atoms with Crippen LogP contribution in [0.4, 0.5) is 23.1 Å². The number of hydrogen-bond donors (Lipinski definition) is 0. The molecule has 4 heterocycles. The van der Waals surface area contributed by atoms with Crippen LogP contribution in [0.1, 0.15) is 40.0 Å². The third-order valence-electron chi connectivity index (χ3n) is 6.58. The van der Waals surface area contributed by atoms with Gasteiger partial charge >= 0.3 is 12.5 Å². The maximum absolute atomic E-state index is 12.6. The van der Waals surface area contributed by atoms with Crippen molar-refractivity contribution in [1.29, 1.82) is 0 Å². The first-order valence-corrected chi connectivity index (χ1v) is 12.7. The number of piperidine rings is 1. The number of ether oxygens (including phenoxy) is 2. The highest BCUT2D eigenvalue weighted by atomic mass is 32.1. The fraction of sp³-hybridized carbons (Fsp3) is 0.542. The van der Waals surface area contributed by atoms with Gasteiger partial charge in [0.05, 0.1) is 11.9 Å². The largest absolute Gasteiger partial charge is 0.573 e. The van der Waals surface area contributed by atoms with Crippen LogP contribution in [0.25, 0.3) is 16.2 Å². The molecule has 2 aliphatic rings. The average molecular weight is 524 g/mol. The number of carbonyl (C=O) groups is 1. The molecule has 0 unspecified atom stereocenters. The van der Waals surface area contributed by atoms with Gasteiger partial charge in [0.15, 0.2) is 0 Å². The summed E-state index contributed by atoms with van der Waals surface area (Å²) in [6.45, 7) is 8.74. The van der Waals surface area contributed by atoms with Gasteiger partial charge in [-0.2, -0.15) is 0 Å². The Morgan fingerprint density at radius 2 is 1.83 bits per heavy atom. The van der Waals surface area contributed by atoms with Crippen molar-refractivity contribution in [2.45, 2.75) is 52.0 Å². The molecule has 3 aromatic rings. The summed E-state index contributed by atoms with van der Waals surface area (Å²) in [6.07, 6.45) is -0.401. The number of alkyl halides is 3. The van der Waals surface area contributed by atoms with Crippen molar-refractivity contribution in [2.75, 3.05) is 31.1 Å². The number of amides is 1. The van der Waals surface area contributed by atoms with Gasteiger partial charge in [-0.05, 0) is 57.6 Å². The quantitative estimate of drug-likeness (QED) is 0.446. The topological polar surface area (TPSA) is 72.2 Å². The van der Waals surface area contributed by atoms with Crippen molar-refractivity contribution >= 4 is 27.5 Å². The Morgan fingerprint density at radius 1 is 1.11 bits per heavy atom. The summed E-state index contributed by atoms with van der Waals surface area (Å²) < 4.78 is 48.9. The molecule has 8 nitrogen and oxygen atoms in total. The van der Waals surface area contributed by atoms with Gasteiger partial charge in [0.2, 0.25) is 10.1 Å². The number of halogens is 3. The molecule has 0 radical (unpaired) electrons. The Labute approximate surface area is 210 Å². The smallest absolute Gasteiger partial charge is 0.444 e. The minimum absolute atomic E-state index is 0.149. The van der Waals surface area contributed by atoms with Crippen molar-refractivity contribution in [3.05, 3.63) is 30.5 Å². The number of anilines is 1. The van der Waals surface area contributed by atoms with Crippen LogP contribution >= 0.6 is 11.3 Å². The molecule has 194 valence electrons. The zero-order chi connectivity index (χ0) is 25.7. The molecule has 2 fully saturated rings. The Bertz CT molecular complexity index is 1230. The minimum atomic E-state index is -4.75. The molecule has 1 spiro atoms. The van der Waals surface area contributed by atoms with Crippen LogP contribution in [-0.2, 0) is 4.74 Å². The van der Waals surface area contributed by atoms with E-state index >= 15 is 0 Å². The second-order valence-electron chi connectivity index (χ2n) is 10.5. The first-order valence-electron chi connectivity index (χ1n) is 11.8. The van der Waals surface area contributed by atoms with E-state index < -0.39 is 12.0 Å². The van der Waals surface area contributed by atoms with Gasteiger partial charge < -0.3 is 19.3 Å². The van der Waals surface area contributed by atoms with Gasteiger partial charge in [-0.3, -0.25) is 0 Å². The van der Waals surface area contributed by atoms with E-state index in [4.69, 9.17) is 4.74 Å². The van der Waals surface area contributed by atoms with Crippen molar-refractivity contribution in [3.8, 4) is 17.0 Å². The summed E-state index contributed by atoms with van der Waals surface area (Å²) in [5.41, 5.74) is 0.697. The van der Waals surface area contributed by atoms with E-state index in [1.54, 1.807) is 21.7 Å². The van der Waals surface area contributed by atoms with Crippen LogP contribution in [0, 0.1) is 5.41 Å². The fourth-order valence-corrected chi connectivity index (χ4v) is 5.71. The molecule has 12 heteroatoms. The van der Waals surface area contributed by atoms with Gasteiger partial charge in [0.1, 0.15) is 11.4 Å². The molecule has 1 amide bonds. The van der Waals surface area contributed by atoms with E-state index in [2.05, 4.69) is 19.7 Å². The second-order valence-corrected chi connectivity index (χ2v) is 11.4. The summed E-state index contributed by atoms with van der Waals surface area (Å²) in [5.74, 6) is -0.287. The van der Waals surface area contributed by atoms with E-state index in [1.165, 1.54) is 29.5 Å². The molecule has 0 N–H and O–H groups in total. The second kappa shape index (κ2) is 8.82. The number of hydrogen-bond acceptors (Lipinski definition) is 7. The molecule has 2 saturated heterocycles. The van der Waals surface area contributed by atoms with Crippen LogP contribution in [0.3, 0.4) is 0 Å². The third-order valence-corrected chi connectivity index (χ3v) is 7.56. The fourth-order valence-electron chi connectivity index (χ4n) is 4.81. The van der Waals surface area contributed by atoms with Crippen molar-refractivity contribution in [1.82, 2.24) is 19.5 Å². The molecule has 0 aliphatic carbocycles. The zero-order valence-electron chi connectivity index (χ0n) is 20.3. The number of imidazole rings is 1. The summed E-state index contributed by atoms with van der Waals surface area (Å²) in [7, 11) is 0. The molecule has 0 atom stereocenters. The van der Waals surface area contributed by atoms with E-state index in [-0.39, 0.29) is 17.3 Å². The van der Waals surface area contributed by atoms with E-state index in [0.717, 1.165) is 37.5 Å². The van der Waals surface area contributed by atoms with Crippen molar-refractivity contribution in [2.24, 2.45) is 5.41 Å². The number of fused-ring (bicyclic) bond motifs is 1. The molecule has 1 aromatic carbocycles. The number of carbonyl (C=O) groups excluding carboxylic acids is 1. The first kappa shape index (κ1) is 24.7. The standard InChI is InChI=1S/C24H28F3N5O3S/c1-22(2,3)35-21(33)30-10-7-23(8-11-30)9-12-31(15-23)20-29-32-14-18(28-19(32)36-20)16-5-4-6-17(13-16)34-24(25,26)27/h4-6,13-14H,7-12,15H2,1-3H3. The molecule has 0 bridgehead atoms. The van der Waals surface area contributed by atoms with E-state index in [1.807, 2.05) is 20.8 Å². The summed E-state index contributed by atoms with van der Waals surface area (Å²) >= 11 is 1.45. The normalized spacial score (nSPS) is 18.3. The van der Waals surface area contributed by atoms with Crippen LogP contribution in [-0.4, -0.2) is 63.7 Å². The average Bonchev–Trinajstić information content (AvgIpc) is 3.45. The van der Waals surface area contributed by atoms with Gasteiger partial charge in [0, 0.05) is 31.7 Å². The molecule has 36 heavy (non-hydrogen) atoms. The Balaban J connectivity index is 1.23. The van der Waals surface area contributed by atoms with Crippen molar-refractivity contribution in [3.63, 3.8) is 0 Å². The predicted octanol–water partition coefficient (Wildman–Crippen LogP) is 5.58. The molecule has 5 rings (SSSR count). The molecule has 2 aromatic heterocycles. The molecular formula is C24H28F3N5O3S. The summed E-state index contributed by atoms with van der Waals surface area (Å²) in [5, 5.41) is 5.55. The van der Waals surface area contributed by atoms with Crippen LogP contribution < -0.4 is 9.64 Å². The lowest BCUT2D eigenvalue weighted by molar-refractivity contribution is -0.274. The number of rotatable bonds is 3. The summed E-state index contributed by atoms with van der Waals surface area (Å²) in [4.78, 5) is 21.7. The number of likely N-dealkylation sites (tertiary alicyclic amines) is 1. The summed E-state index contributed by atoms with van der Waals surface area (Å²) in [6, 6.07) is 5.76.